The van der Waals surface area contributed by atoms with Gasteiger partial charge in [-0.25, -0.2) is 0 Å². The van der Waals surface area contributed by atoms with Gasteiger partial charge in [-0.3, -0.25) is 0 Å². The maximum Gasteiger partial charge on any atom is 0.0950 e. The van der Waals surface area contributed by atoms with Gasteiger partial charge in [0, 0.05) is 12.1 Å². The van der Waals surface area contributed by atoms with Crippen LogP contribution in [0.5, 0.6) is 0 Å². The maximum absolute atomic E-state index is 6.11. The van der Waals surface area contributed by atoms with E-state index in [-0.39, 0.29) is 11.6 Å². The van der Waals surface area contributed by atoms with E-state index in [1.54, 1.807) is 0 Å². The molecule has 1 heterocycles. The van der Waals surface area contributed by atoms with Crippen LogP contribution in [0.3, 0.4) is 0 Å². The molecule has 0 saturated carbocycles. The summed E-state index contributed by atoms with van der Waals surface area (Å²) in [6, 6.07) is 6.69. The van der Waals surface area contributed by atoms with Gasteiger partial charge in [-0.2, -0.15) is 0 Å². The predicted molar refractivity (Wildman–Crippen MR) is 75.9 cm³/mol. The van der Waals surface area contributed by atoms with Gasteiger partial charge in [-0.1, -0.05) is 43.2 Å². The summed E-state index contributed by atoms with van der Waals surface area (Å²) in [5, 5.41) is 3.69. The van der Waals surface area contributed by atoms with E-state index in [0.717, 1.165) is 26.0 Å². The van der Waals surface area contributed by atoms with Crippen molar-refractivity contribution in [3.05, 3.63) is 34.9 Å². The van der Waals surface area contributed by atoms with E-state index in [1.807, 2.05) is 0 Å². The largest absolute Gasteiger partial charge is 0.370 e. The van der Waals surface area contributed by atoms with Crippen LogP contribution in [0.4, 0.5) is 0 Å². The summed E-state index contributed by atoms with van der Waals surface area (Å²) in [5.41, 5.74) is 4.13. The van der Waals surface area contributed by atoms with Crippen LogP contribution < -0.4 is 5.32 Å². The molecule has 1 N–H and O–H groups in total. The first kappa shape index (κ1) is 13.6. The Kier molecular flexibility index (Phi) is 4.08. The van der Waals surface area contributed by atoms with E-state index < -0.39 is 0 Å². The number of rotatable bonds is 3. The average molecular weight is 247 g/mol. The van der Waals surface area contributed by atoms with Crippen molar-refractivity contribution in [2.45, 2.75) is 52.2 Å². The van der Waals surface area contributed by atoms with Gasteiger partial charge in [0.2, 0.25) is 0 Å². The summed E-state index contributed by atoms with van der Waals surface area (Å²) in [7, 11) is 0. The number of hydrogen-bond acceptors (Lipinski definition) is 2. The second kappa shape index (κ2) is 5.41. The fourth-order valence-corrected chi connectivity index (χ4v) is 2.79. The second-order valence-corrected chi connectivity index (χ2v) is 5.59. The van der Waals surface area contributed by atoms with Gasteiger partial charge in [0.15, 0.2) is 0 Å². The van der Waals surface area contributed by atoms with Gasteiger partial charge in [0.1, 0.15) is 0 Å². The highest BCUT2D eigenvalue weighted by molar-refractivity contribution is 5.30. The van der Waals surface area contributed by atoms with Gasteiger partial charge in [0.25, 0.3) is 0 Å². The molecule has 1 aromatic rings. The molecule has 100 valence electrons. The van der Waals surface area contributed by atoms with Crippen LogP contribution in [-0.2, 0) is 4.74 Å². The van der Waals surface area contributed by atoms with Gasteiger partial charge < -0.3 is 10.1 Å². The van der Waals surface area contributed by atoms with Crippen LogP contribution >= 0.6 is 0 Å². The Morgan fingerprint density at radius 1 is 1.17 bits per heavy atom. The van der Waals surface area contributed by atoms with E-state index >= 15 is 0 Å². The lowest BCUT2D eigenvalue weighted by molar-refractivity contribution is -0.0375. The number of hydrogen-bond donors (Lipinski definition) is 1. The van der Waals surface area contributed by atoms with Crippen LogP contribution in [0.15, 0.2) is 18.2 Å². The van der Waals surface area contributed by atoms with E-state index in [1.165, 1.54) is 16.7 Å². The third kappa shape index (κ3) is 2.76. The molecule has 18 heavy (non-hydrogen) atoms. The summed E-state index contributed by atoms with van der Waals surface area (Å²) in [6.07, 6.45) is 2.46. The zero-order chi connectivity index (χ0) is 13.2. The Labute approximate surface area is 111 Å². The molecule has 0 bridgehead atoms. The van der Waals surface area contributed by atoms with Crippen molar-refractivity contribution in [1.29, 1.82) is 0 Å². The topological polar surface area (TPSA) is 21.3 Å². The molecular formula is C16H25NO. The summed E-state index contributed by atoms with van der Waals surface area (Å²) in [5.74, 6) is 0. The Balaban J connectivity index is 2.09. The summed E-state index contributed by atoms with van der Waals surface area (Å²) in [6.45, 7) is 10.5. The van der Waals surface area contributed by atoms with Crippen molar-refractivity contribution >= 4 is 0 Å². The van der Waals surface area contributed by atoms with Gasteiger partial charge in [-0.05, 0) is 32.3 Å². The lowest BCUT2D eigenvalue weighted by Gasteiger charge is -2.40. The highest BCUT2D eigenvalue weighted by atomic mass is 16.5. The minimum Gasteiger partial charge on any atom is -0.370 e. The first-order valence-electron chi connectivity index (χ1n) is 7.03. The molecule has 0 spiro atoms. The van der Waals surface area contributed by atoms with Gasteiger partial charge in [-0.15, -0.1) is 0 Å². The predicted octanol–water partition coefficient (Wildman–Crippen LogP) is 3.52. The molecule has 1 aliphatic rings. The molecule has 0 radical (unpaired) electrons. The molecule has 1 aromatic carbocycles. The zero-order valence-corrected chi connectivity index (χ0v) is 12.0. The van der Waals surface area contributed by atoms with Crippen molar-refractivity contribution in [3.63, 3.8) is 0 Å². The Morgan fingerprint density at radius 2 is 1.78 bits per heavy atom. The Bertz CT molecular complexity index is 379. The number of morpholine rings is 1. The molecule has 1 fully saturated rings. The standard InChI is InChI=1S/C16H25NO/c1-5-16(6-2)11-18-15(10-17-16)14-8-12(3)7-13(4)9-14/h7-9,15,17H,5-6,10-11H2,1-4H3. The van der Waals surface area contributed by atoms with Crippen LogP contribution in [0.25, 0.3) is 0 Å². The normalized spacial score (nSPS) is 23.0. The molecule has 2 rings (SSSR count). The molecule has 2 nitrogen and oxygen atoms in total. The maximum atomic E-state index is 6.11. The number of ether oxygens (including phenoxy) is 1. The minimum atomic E-state index is 0.190. The molecule has 1 saturated heterocycles. The quantitative estimate of drug-likeness (QED) is 0.882. The molecule has 0 amide bonds. The molecule has 0 aliphatic carbocycles. The lowest BCUT2D eigenvalue weighted by Crippen LogP contribution is -2.54. The van der Waals surface area contributed by atoms with Crippen molar-refractivity contribution in [1.82, 2.24) is 5.32 Å². The lowest BCUT2D eigenvalue weighted by atomic mass is 9.91. The van der Waals surface area contributed by atoms with Crippen LogP contribution in [0.2, 0.25) is 0 Å². The van der Waals surface area contributed by atoms with Gasteiger partial charge in [0.05, 0.1) is 12.7 Å². The van der Waals surface area contributed by atoms with Crippen molar-refractivity contribution in [2.75, 3.05) is 13.2 Å². The van der Waals surface area contributed by atoms with Crippen LogP contribution in [-0.4, -0.2) is 18.7 Å². The fraction of sp³-hybridized carbons (Fsp3) is 0.625. The zero-order valence-electron chi connectivity index (χ0n) is 12.0. The third-order valence-electron chi connectivity index (χ3n) is 4.19. The smallest absolute Gasteiger partial charge is 0.0950 e. The Morgan fingerprint density at radius 3 is 2.22 bits per heavy atom. The fourth-order valence-electron chi connectivity index (χ4n) is 2.79. The minimum absolute atomic E-state index is 0.190. The molecule has 2 heteroatoms. The molecular weight excluding hydrogens is 222 g/mol. The SMILES string of the molecule is CCC1(CC)COC(c2cc(C)cc(C)c2)CN1. The molecule has 1 aliphatic heterocycles. The molecule has 0 aromatic heterocycles. The van der Waals surface area contributed by atoms with E-state index in [2.05, 4.69) is 51.2 Å². The number of nitrogens with one attached hydrogen (secondary N) is 1. The van der Waals surface area contributed by atoms with Crippen molar-refractivity contribution in [3.8, 4) is 0 Å². The average Bonchev–Trinajstić information content (AvgIpc) is 2.38. The third-order valence-corrected chi connectivity index (χ3v) is 4.19. The summed E-state index contributed by atoms with van der Waals surface area (Å²) in [4.78, 5) is 0. The first-order valence-corrected chi connectivity index (χ1v) is 7.03. The van der Waals surface area contributed by atoms with Gasteiger partial charge >= 0.3 is 0 Å². The Hall–Kier alpha value is -0.860. The second-order valence-electron chi connectivity index (χ2n) is 5.59. The number of aryl methyl sites for hydroxylation is 2. The van der Waals surface area contributed by atoms with E-state index in [9.17, 15) is 0 Å². The summed E-state index contributed by atoms with van der Waals surface area (Å²) < 4.78 is 6.11. The van der Waals surface area contributed by atoms with Crippen molar-refractivity contribution < 1.29 is 4.74 Å². The monoisotopic (exact) mass is 247 g/mol. The van der Waals surface area contributed by atoms with Crippen LogP contribution in [0.1, 0.15) is 49.5 Å². The highest BCUT2D eigenvalue weighted by Gasteiger charge is 2.32. The highest BCUT2D eigenvalue weighted by Crippen LogP contribution is 2.28. The molecule has 1 atom stereocenters. The van der Waals surface area contributed by atoms with Crippen LogP contribution in [0, 0.1) is 13.8 Å². The number of benzene rings is 1. The van der Waals surface area contributed by atoms with E-state index in [4.69, 9.17) is 4.74 Å². The van der Waals surface area contributed by atoms with Crippen molar-refractivity contribution in [2.24, 2.45) is 0 Å². The first-order chi connectivity index (χ1) is 8.58. The molecule has 1 unspecified atom stereocenters. The van der Waals surface area contributed by atoms with E-state index in [0.29, 0.717) is 0 Å². The summed E-state index contributed by atoms with van der Waals surface area (Å²) >= 11 is 0.